The number of unbranched alkanes of at least 4 members (excludes halogenated alkanes) is 26. The first kappa shape index (κ1) is 67.3. The molecule has 0 aliphatic carbocycles. The molecule has 0 aromatic carbocycles. The Morgan fingerprint density at radius 1 is 0.296 bits per heavy atom. The Balaban J connectivity index is 4.33. The first-order valence-corrected chi connectivity index (χ1v) is 29.7. The van der Waals surface area contributed by atoms with E-state index in [1.54, 1.807) is 0 Å². The van der Waals surface area contributed by atoms with Crippen LogP contribution in [0.25, 0.3) is 0 Å². The maximum absolute atomic E-state index is 12.8. The third-order valence-corrected chi connectivity index (χ3v) is 12.6. The van der Waals surface area contributed by atoms with E-state index in [0.29, 0.717) is 19.3 Å². The fraction of sp³-hybridized carbons (Fsp3) is 0.708. The van der Waals surface area contributed by atoms with Gasteiger partial charge in [-0.15, -0.1) is 0 Å². The molecule has 0 aliphatic heterocycles. The van der Waals surface area contributed by atoms with Gasteiger partial charge in [0.15, 0.2) is 6.10 Å². The van der Waals surface area contributed by atoms with E-state index >= 15 is 0 Å². The van der Waals surface area contributed by atoms with Crippen molar-refractivity contribution >= 4 is 17.9 Å². The zero-order valence-corrected chi connectivity index (χ0v) is 46.5. The maximum Gasteiger partial charge on any atom is 0.306 e. The van der Waals surface area contributed by atoms with Crippen LogP contribution in [-0.4, -0.2) is 37.2 Å². The number of esters is 3. The van der Waals surface area contributed by atoms with Crippen LogP contribution < -0.4 is 0 Å². The monoisotopic (exact) mass is 987 g/mol. The quantitative estimate of drug-likeness (QED) is 0.0261. The second-order valence-corrected chi connectivity index (χ2v) is 19.5. The van der Waals surface area contributed by atoms with E-state index in [4.69, 9.17) is 14.2 Å². The first-order valence-electron chi connectivity index (χ1n) is 29.7. The predicted molar refractivity (Wildman–Crippen MR) is 307 cm³/mol. The van der Waals surface area contributed by atoms with Crippen LogP contribution in [0.1, 0.15) is 278 Å². The Morgan fingerprint density at radius 3 is 0.958 bits per heavy atom. The number of carbonyl (C=O) groups excluding carboxylic acids is 3. The zero-order valence-electron chi connectivity index (χ0n) is 46.5. The van der Waals surface area contributed by atoms with E-state index in [-0.39, 0.29) is 37.5 Å². The third kappa shape index (κ3) is 57.1. The Hall–Kier alpha value is -3.67. The van der Waals surface area contributed by atoms with Gasteiger partial charge in [0, 0.05) is 19.3 Å². The van der Waals surface area contributed by atoms with E-state index in [9.17, 15) is 14.4 Å². The van der Waals surface area contributed by atoms with Crippen LogP contribution in [0.4, 0.5) is 0 Å². The van der Waals surface area contributed by atoms with Gasteiger partial charge in [-0.05, 0) is 103 Å². The first-order chi connectivity index (χ1) is 35.0. The summed E-state index contributed by atoms with van der Waals surface area (Å²) in [5.41, 5.74) is 0. The average molecular weight is 988 g/mol. The lowest BCUT2D eigenvalue weighted by Gasteiger charge is -2.18. The molecule has 0 saturated heterocycles. The summed E-state index contributed by atoms with van der Waals surface area (Å²) in [6.07, 6.45) is 78.6. The predicted octanol–water partition coefficient (Wildman–Crippen LogP) is 20.1. The van der Waals surface area contributed by atoms with E-state index in [1.807, 2.05) is 6.08 Å². The number of allylic oxidation sites excluding steroid dienone is 16. The van der Waals surface area contributed by atoms with Crippen molar-refractivity contribution in [2.45, 2.75) is 284 Å². The Morgan fingerprint density at radius 2 is 0.577 bits per heavy atom. The second kappa shape index (κ2) is 58.9. The van der Waals surface area contributed by atoms with Crippen molar-refractivity contribution in [1.29, 1.82) is 0 Å². The van der Waals surface area contributed by atoms with Crippen LogP contribution in [0, 0.1) is 0 Å². The summed E-state index contributed by atoms with van der Waals surface area (Å²) in [4.78, 5) is 38.1. The smallest absolute Gasteiger partial charge is 0.306 e. The van der Waals surface area contributed by atoms with Crippen molar-refractivity contribution < 1.29 is 28.6 Å². The second-order valence-electron chi connectivity index (χ2n) is 19.5. The van der Waals surface area contributed by atoms with Crippen LogP contribution in [-0.2, 0) is 28.6 Å². The van der Waals surface area contributed by atoms with E-state index in [0.717, 1.165) is 103 Å². The minimum absolute atomic E-state index is 0.106. The lowest BCUT2D eigenvalue weighted by atomic mass is 10.0. The summed E-state index contributed by atoms with van der Waals surface area (Å²) >= 11 is 0. The topological polar surface area (TPSA) is 78.9 Å². The molecule has 0 heterocycles. The molecule has 0 saturated carbocycles. The van der Waals surface area contributed by atoms with Gasteiger partial charge in [0.25, 0.3) is 0 Å². The molecule has 1 unspecified atom stereocenters. The van der Waals surface area contributed by atoms with E-state index in [1.165, 1.54) is 128 Å². The van der Waals surface area contributed by atoms with Gasteiger partial charge in [-0.25, -0.2) is 0 Å². The summed E-state index contributed by atoms with van der Waals surface area (Å²) in [7, 11) is 0. The third-order valence-electron chi connectivity index (χ3n) is 12.6. The fourth-order valence-electron chi connectivity index (χ4n) is 8.17. The molecule has 1 atom stereocenters. The van der Waals surface area contributed by atoms with Crippen molar-refractivity contribution in [2.75, 3.05) is 13.2 Å². The zero-order chi connectivity index (χ0) is 51.4. The van der Waals surface area contributed by atoms with Crippen LogP contribution in [0.3, 0.4) is 0 Å². The number of hydrogen-bond acceptors (Lipinski definition) is 6. The molecule has 0 bridgehead atoms. The van der Waals surface area contributed by atoms with Gasteiger partial charge in [0.05, 0.1) is 0 Å². The van der Waals surface area contributed by atoms with E-state index in [2.05, 4.69) is 112 Å². The largest absolute Gasteiger partial charge is 0.462 e. The fourth-order valence-corrected chi connectivity index (χ4v) is 8.17. The Bertz CT molecular complexity index is 1410. The van der Waals surface area contributed by atoms with Gasteiger partial charge >= 0.3 is 17.9 Å². The van der Waals surface area contributed by atoms with Gasteiger partial charge in [-0.3, -0.25) is 14.4 Å². The summed E-state index contributed by atoms with van der Waals surface area (Å²) in [6, 6.07) is 0. The molecule has 0 rings (SSSR count). The molecule has 0 amide bonds. The Labute approximate surface area is 438 Å². The van der Waals surface area contributed by atoms with Gasteiger partial charge < -0.3 is 14.2 Å². The molecule has 406 valence electrons. The highest BCUT2D eigenvalue weighted by Gasteiger charge is 2.19. The molecule has 0 fully saturated rings. The average Bonchev–Trinajstić information content (AvgIpc) is 3.37. The molecular formula is C65H110O6. The minimum Gasteiger partial charge on any atom is -0.462 e. The number of carbonyl (C=O) groups is 3. The highest BCUT2D eigenvalue weighted by molar-refractivity contribution is 5.71. The van der Waals surface area contributed by atoms with Crippen molar-refractivity contribution in [3.8, 4) is 0 Å². The summed E-state index contributed by atoms with van der Waals surface area (Å²) in [6.45, 7) is 6.35. The molecule has 6 nitrogen and oxygen atoms in total. The number of hydrogen-bond donors (Lipinski definition) is 0. The normalized spacial score (nSPS) is 12.8. The van der Waals surface area contributed by atoms with Gasteiger partial charge in [-0.2, -0.15) is 0 Å². The maximum atomic E-state index is 12.8. The highest BCUT2D eigenvalue weighted by Crippen LogP contribution is 2.16. The van der Waals surface area contributed by atoms with Gasteiger partial charge in [-0.1, -0.05) is 253 Å². The molecule has 0 aromatic rings. The number of rotatable bonds is 53. The van der Waals surface area contributed by atoms with Crippen LogP contribution >= 0.6 is 0 Å². The van der Waals surface area contributed by atoms with Crippen LogP contribution in [0.5, 0.6) is 0 Å². The van der Waals surface area contributed by atoms with Crippen LogP contribution in [0.2, 0.25) is 0 Å². The molecular weight excluding hydrogens is 877 g/mol. The molecule has 0 spiro atoms. The lowest BCUT2D eigenvalue weighted by molar-refractivity contribution is -0.166. The standard InChI is InChI=1S/C65H110O6/c1-4-7-10-13-16-19-22-25-27-28-29-30-31-32-33-34-35-36-38-40-43-46-49-52-55-58-64(67)70-61-62(60-69-63(66)57-54-51-48-45-42-39-24-21-18-15-12-9-6-3)71-65(68)59-56-53-50-47-44-41-37-26-23-20-17-14-11-8-5-2/h8-9,11-12,17-18,20-21,26,28-29,37,39,42,48,51,62H,4-7,10,13-16,19,22-25,27,30-36,38,40-41,43-47,49-50,52-61H2,1-3H3/b11-8-,12-9-,20-17-,21-18-,29-28-,37-26-,42-39-,51-48-. The highest BCUT2D eigenvalue weighted by atomic mass is 16.6. The summed E-state index contributed by atoms with van der Waals surface area (Å²) in [5, 5.41) is 0. The van der Waals surface area contributed by atoms with Gasteiger partial charge in [0.1, 0.15) is 13.2 Å². The Kier molecular flexibility index (Phi) is 55.9. The molecule has 71 heavy (non-hydrogen) atoms. The molecule has 0 aromatic heterocycles. The van der Waals surface area contributed by atoms with E-state index < -0.39 is 6.10 Å². The number of ether oxygens (including phenoxy) is 3. The molecule has 0 radical (unpaired) electrons. The van der Waals surface area contributed by atoms with Crippen molar-refractivity contribution in [1.82, 2.24) is 0 Å². The lowest BCUT2D eigenvalue weighted by Crippen LogP contribution is -2.30. The van der Waals surface area contributed by atoms with Crippen molar-refractivity contribution in [2.24, 2.45) is 0 Å². The molecule has 0 N–H and O–H groups in total. The molecule has 0 aliphatic rings. The van der Waals surface area contributed by atoms with Crippen molar-refractivity contribution in [3.05, 3.63) is 97.2 Å². The van der Waals surface area contributed by atoms with Gasteiger partial charge in [0.2, 0.25) is 0 Å². The molecule has 6 heteroatoms. The summed E-state index contributed by atoms with van der Waals surface area (Å²) < 4.78 is 16.8. The van der Waals surface area contributed by atoms with Crippen molar-refractivity contribution in [3.63, 3.8) is 0 Å². The minimum atomic E-state index is -0.816. The SMILES string of the molecule is CC/C=C\C/C=C\C/C=C\C/C=C\CCC(=O)OCC(COC(=O)CCCCCCCCCCCCCCC/C=C\CCCCCCCCCC)OC(=O)CCCCCCC/C=C\C/C=C\C/C=C\CC. The summed E-state index contributed by atoms with van der Waals surface area (Å²) in [5.74, 6) is -1.01. The van der Waals surface area contributed by atoms with Crippen LogP contribution in [0.15, 0.2) is 97.2 Å².